The first kappa shape index (κ1) is 14.0. The van der Waals surface area contributed by atoms with Crippen molar-refractivity contribution in [3.05, 3.63) is 60.1 Å². The fourth-order valence-electron chi connectivity index (χ4n) is 4.45. The second-order valence-corrected chi connectivity index (χ2v) is 6.89. The SMILES string of the molecule is CN1CCC2(c3ccccc3)CCN(Cc3ccoc3)CC12. The summed E-state index contributed by atoms with van der Waals surface area (Å²) in [4.78, 5) is 5.15. The summed E-state index contributed by atoms with van der Waals surface area (Å²) >= 11 is 0. The predicted octanol–water partition coefficient (Wildman–Crippen LogP) is 3.13. The highest BCUT2D eigenvalue weighted by Crippen LogP contribution is 2.45. The number of nitrogens with zero attached hydrogens (tertiary/aromatic N) is 2. The first-order chi connectivity index (χ1) is 10.8. The van der Waals surface area contributed by atoms with Crippen molar-refractivity contribution in [2.45, 2.75) is 30.8 Å². The van der Waals surface area contributed by atoms with Gasteiger partial charge in [-0.15, -0.1) is 0 Å². The quantitative estimate of drug-likeness (QED) is 0.867. The average Bonchev–Trinajstić information content (AvgIpc) is 3.18. The zero-order valence-corrected chi connectivity index (χ0v) is 13.2. The molecule has 2 aliphatic rings. The number of likely N-dealkylation sites (tertiary alicyclic amines) is 2. The third-order valence-electron chi connectivity index (χ3n) is 5.72. The first-order valence-corrected chi connectivity index (χ1v) is 8.27. The highest BCUT2D eigenvalue weighted by atomic mass is 16.3. The van der Waals surface area contributed by atoms with E-state index in [4.69, 9.17) is 4.42 Å². The van der Waals surface area contributed by atoms with E-state index in [1.54, 1.807) is 6.26 Å². The highest BCUT2D eigenvalue weighted by molar-refractivity contribution is 5.31. The smallest absolute Gasteiger partial charge is 0.0947 e. The van der Waals surface area contributed by atoms with Gasteiger partial charge in [0.25, 0.3) is 0 Å². The monoisotopic (exact) mass is 296 g/mol. The van der Waals surface area contributed by atoms with E-state index in [1.807, 2.05) is 6.26 Å². The second kappa shape index (κ2) is 5.56. The molecule has 0 amide bonds. The maximum atomic E-state index is 5.22. The fraction of sp³-hybridized carbons (Fsp3) is 0.474. The molecule has 2 saturated heterocycles. The van der Waals surface area contributed by atoms with E-state index in [-0.39, 0.29) is 0 Å². The molecule has 0 N–H and O–H groups in total. The Morgan fingerprint density at radius 3 is 2.73 bits per heavy atom. The van der Waals surface area contributed by atoms with Crippen molar-refractivity contribution in [2.24, 2.45) is 0 Å². The van der Waals surface area contributed by atoms with Gasteiger partial charge in [-0.3, -0.25) is 4.90 Å². The summed E-state index contributed by atoms with van der Waals surface area (Å²) in [7, 11) is 2.29. The minimum Gasteiger partial charge on any atom is -0.472 e. The van der Waals surface area contributed by atoms with Gasteiger partial charge in [-0.05, 0) is 44.6 Å². The molecular weight excluding hydrogens is 272 g/mol. The Morgan fingerprint density at radius 1 is 1.14 bits per heavy atom. The molecule has 4 rings (SSSR count). The minimum atomic E-state index is 0.350. The molecule has 0 spiro atoms. The molecule has 2 aliphatic heterocycles. The van der Waals surface area contributed by atoms with E-state index >= 15 is 0 Å². The van der Waals surface area contributed by atoms with Crippen LogP contribution in [0, 0.1) is 0 Å². The molecule has 0 bridgehead atoms. The van der Waals surface area contributed by atoms with Gasteiger partial charge in [0.2, 0.25) is 0 Å². The van der Waals surface area contributed by atoms with Crippen LogP contribution < -0.4 is 0 Å². The zero-order chi connectivity index (χ0) is 15.0. The summed E-state index contributed by atoms with van der Waals surface area (Å²) in [5.74, 6) is 0. The number of furan rings is 1. The summed E-state index contributed by atoms with van der Waals surface area (Å²) in [6, 6.07) is 13.9. The molecule has 0 aliphatic carbocycles. The molecule has 2 fully saturated rings. The van der Waals surface area contributed by atoms with Crippen molar-refractivity contribution in [2.75, 3.05) is 26.7 Å². The number of rotatable bonds is 3. The lowest BCUT2D eigenvalue weighted by Gasteiger charge is -2.46. The van der Waals surface area contributed by atoms with Gasteiger partial charge >= 0.3 is 0 Å². The van der Waals surface area contributed by atoms with Crippen LogP contribution in [0.1, 0.15) is 24.0 Å². The number of hydrogen-bond donors (Lipinski definition) is 0. The molecule has 3 nitrogen and oxygen atoms in total. The van der Waals surface area contributed by atoms with Crippen molar-refractivity contribution in [3.8, 4) is 0 Å². The molecule has 22 heavy (non-hydrogen) atoms. The minimum absolute atomic E-state index is 0.350. The van der Waals surface area contributed by atoms with Crippen LogP contribution in [0.4, 0.5) is 0 Å². The van der Waals surface area contributed by atoms with Gasteiger partial charge in [0.15, 0.2) is 0 Å². The number of hydrogen-bond acceptors (Lipinski definition) is 3. The van der Waals surface area contributed by atoms with Gasteiger partial charge in [-0.2, -0.15) is 0 Å². The molecule has 3 heteroatoms. The Balaban J connectivity index is 1.57. The van der Waals surface area contributed by atoms with E-state index in [1.165, 1.54) is 37.1 Å². The molecule has 0 radical (unpaired) electrons. The number of likely N-dealkylation sites (N-methyl/N-ethyl adjacent to an activating group) is 1. The molecule has 2 atom stereocenters. The molecular formula is C19H24N2O. The molecule has 0 saturated carbocycles. The summed E-state index contributed by atoms with van der Waals surface area (Å²) in [6.07, 6.45) is 6.19. The Labute approximate surface area is 132 Å². The van der Waals surface area contributed by atoms with Crippen LogP contribution >= 0.6 is 0 Å². The van der Waals surface area contributed by atoms with Gasteiger partial charge in [-0.1, -0.05) is 30.3 Å². The Kier molecular flexibility index (Phi) is 3.55. The molecule has 1 aromatic carbocycles. The number of benzene rings is 1. The average molecular weight is 296 g/mol. The molecule has 1 aromatic heterocycles. The standard InChI is InChI=1S/C19H24N2O/c1-20-10-8-19(17-5-3-2-4-6-17)9-11-21(14-18(19)20)13-16-7-12-22-15-16/h2-7,12,15,18H,8-11,13-14H2,1H3. The van der Waals surface area contributed by atoms with Crippen molar-refractivity contribution >= 4 is 0 Å². The van der Waals surface area contributed by atoms with Crippen LogP contribution in [-0.2, 0) is 12.0 Å². The van der Waals surface area contributed by atoms with Crippen molar-refractivity contribution in [1.82, 2.24) is 9.80 Å². The van der Waals surface area contributed by atoms with E-state index in [0.717, 1.165) is 13.1 Å². The van der Waals surface area contributed by atoms with E-state index in [9.17, 15) is 0 Å². The van der Waals surface area contributed by atoms with Crippen LogP contribution in [0.15, 0.2) is 53.3 Å². The van der Waals surface area contributed by atoms with Crippen molar-refractivity contribution in [1.29, 1.82) is 0 Å². The summed E-state index contributed by atoms with van der Waals surface area (Å²) in [5, 5.41) is 0. The molecule has 2 unspecified atom stereocenters. The van der Waals surface area contributed by atoms with E-state index in [0.29, 0.717) is 11.5 Å². The summed E-state index contributed by atoms with van der Waals surface area (Å²) in [5.41, 5.74) is 3.17. The third kappa shape index (κ3) is 2.29. The first-order valence-electron chi connectivity index (χ1n) is 8.27. The Hall–Kier alpha value is -1.58. The van der Waals surface area contributed by atoms with E-state index < -0.39 is 0 Å². The van der Waals surface area contributed by atoms with Crippen LogP contribution in [0.5, 0.6) is 0 Å². The lowest BCUT2D eigenvalue weighted by molar-refractivity contribution is 0.0916. The fourth-order valence-corrected chi connectivity index (χ4v) is 4.45. The topological polar surface area (TPSA) is 19.6 Å². The van der Waals surface area contributed by atoms with Gasteiger partial charge in [-0.25, -0.2) is 0 Å². The van der Waals surface area contributed by atoms with E-state index in [2.05, 4.69) is 53.2 Å². The van der Waals surface area contributed by atoms with Crippen LogP contribution in [0.25, 0.3) is 0 Å². The number of piperidine rings is 1. The summed E-state index contributed by atoms with van der Waals surface area (Å²) < 4.78 is 5.22. The number of fused-ring (bicyclic) bond motifs is 1. The van der Waals surface area contributed by atoms with Gasteiger partial charge in [0, 0.05) is 30.1 Å². The lowest BCUT2D eigenvalue weighted by Crippen LogP contribution is -2.54. The van der Waals surface area contributed by atoms with Crippen LogP contribution in [0.2, 0.25) is 0 Å². The zero-order valence-electron chi connectivity index (χ0n) is 13.2. The predicted molar refractivity (Wildman–Crippen MR) is 87.8 cm³/mol. The molecule has 2 aromatic rings. The van der Waals surface area contributed by atoms with Crippen LogP contribution in [-0.4, -0.2) is 42.5 Å². The summed E-state index contributed by atoms with van der Waals surface area (Å²) in [6.45, 7) is 4.53. The molecule has 116 valence electrons. The lowest BCUT2D eigenvalue weighted by atomic mass is 9.69. The van der Waals surface area contributed by atoms with Gasteiger partial charge < -0.3 is 9.32 Å². The second-order valence-electron chi connectivity index (χ2n) is 6.89. The maximum absolute atomic E-state index is 5.22. The van der Waals surface area contributed by atoms with Gasteiger partial charge in [0.1, 0.15) is 0 Å². The highest BCUT2D eigenvalue weighted by Gasteiger charge is 2.49. The maximum Gasteiger partial charge on any atom is 0.0947 e. The normalized spacial score (nSPS) is 29.6. The molecule has 3 heterocycles. The largest absolute Gasteiger partial charge is 0.472 e. The van der Waals surface area contributed by atoms with Crippen LogP contribution in [0.3, 0.4) is 0 Å². The third-order valence-corrected chi connectivity index (χ3v) is 5.72. The van der Waals surface area contributed by atoms with Crippen molar-refractivity contribution < 1.29 is 4.42 Å². The van der Waals surface area contributed by atoms with Gasteiger partial charge in [0.05, 0.1) is 12.5 Å². The Bertz CT molecular complexity index is 610. The van der Waals surface area contributed by atoms with Crippen molar-refractivity contribution in [3.63, 3.8) is 0 Å². The Morgan fingerprint density at radius 2 is 1.95 bits per heavy atom.